The van der Waals surface area contributed by atoms with Crippen LogP contribution in [0.1, 0.15) is 41.4 Å². The summed E-state index contributed by atoms with van der Waals surface area (Å²) < 4.78 is 3.95. The Labute approximate surface area is 125 Å². The zero-order valence-electron chi connectivity index (χ0n) is 12.5. The van der Waals surface area contributed by atoms with Crippen molar-refractivity contribution >= 4 is 5.78 Å². The lowest BCUT2D eigenvalue weighted by Crippen LogP contribution is -2.30. The van der Waals surface area contributed by atoms with E-state index in [0.717, 1.165) is 43.6 Å². The maximum Gasteiger partial charge on any atom is 0.179 e. The second kappa shape index (κ2) is 6.26. The van der Waals surface area contributed by atoms with Gasteiger partial charge in [0, 0.05) is 31.9 Å². The summed E-state index contributed by atoms with van der Waals surface area (Å²) in [5.41, 5.74) is 1.97. The molecular weight excluding hydrogens is 264 g/mol. The number of piperidine rings is 1. The van der Waals surface area contributed by atoms with Crippen LogP contribution < -0.4 is 5.32 Å². The third-order valence-electron chi connectivity index (χ3n) is 4.17. The zero-order chi connectivity index (χ0) is 14.7. The van der Waals surface area contributed by atoms with Crippen molar-refractivity contribution < 1.29 is 4.79 Å². The molecule has 1 aliphatic heterocycles. The van der Waals surface area contributed by atoms with Crippen LogP contribution in [0.5, 0.6) is 0 Å². The van der Waals surface area contributed by atoms with E-state index in [4.69, 9.17) is 0 Å². The number of rotatable bonds is 5. The van der Waals surface area contributed by atoms with Gasteiger partial charge in [-0.05, 0) is 50.0 Å². The van der Waals surface area contributed by atoms with Crippen LogP contribution in [0.4, 0.5) is 0 Å². The van der Waals surface area contributed by atoms with Crippen LogP contribution in [0.25, 0.3) is 0 Å². The third-order valence-corrected chi connectivity index (χ3v) is 4.17. The summed E-state index contributed by atoms with van der Waals surface area (Å²) in [4.78, 5) is 12.5. The molecular formula is C16H22N4O. The molecule has 0 unspecified atom stereocenters. The molecule has 5 nitrogen and oxygen atoms in total. The van der Waals surface area contributed by atoms with E-state index in [-0.39, 0.29) is 5.78 Å². The zero-order valence-corrected chi connectivity index (χ0v) is 12.5. The van der Waals surface area contributed by atoms with E-state index >= 15 is 0 Å². The molecule has 3 heterocycles. The van der Waals surface area contributed by atoms with E-state index in [2.05, 4.69) is 15.0 Å². The van der Waals surface area contributed by atoms with E-state index in [1.54, 1.807) is 4.68 Å². The third kappa shape index (κ3) is 3.24. The van der Waals surface area contributed by atoms with Crippen molar-refractivity contribution in [2.75, 3.05) is 13.1 Å². The fraction of sp³-hybridized carbons (Fsp3) is 0.500. The fourth-order valence-corrected chi connectivity index (χ4v) is 3.02. The molecule has 0 aliphatic carbocycles. The van der Waals surface area contributed by atoms with Crippen molar-refractivity contribution in [3.63, 3.8) is 0 Å². The van der Waals surface area contributed by atoms with Crippen LogP contribution >= 0.6 is 0 Å². The first-order chi connectivity index (χ1) is 10.2. The van der Waals surface area contributed by atoms with E-state index in [1.165, 1.54) is 0 Å². The molecule has 0 bridgehead atoms. The molecule has 0 saturated carbocycles. The van der Waals surface area contributed by atoms with E-state index < -0.39 is 0 Å². The highest BCUT2D eigenvalue weighted by molar-refractivity contribution is 5.94. The van der Waals surface area contributed by atoms with E-state index in [9.17, 15) is 4.79 Å². The van der Waals surface area contributed by atoms with Crippen molar-refractivity contribution in [1.29, 1.82) is 0 Å². The summed E-state index contributed by atoms with van der Waals surface area (Å²) in [5.74, 6) is 0.224. The Bertz CT molecular complexity index is 607. The van der Waals surface area contributed by atoms with Gasteiger partial charge in [-0.1, -0.05) is 0 Å². The first-order valence-corrected chi connectivity index (χ1v) is 7.62. The molecule has 2 aromatic heterocycles. The Morgan fingerprint density at radius 1 is 1.43 bits per heavy atom. The monoisotopic (exact) mass is 286 g/mol. The molecule has 112 valence electrons. The first-order valence-electron chi connectivity index (χ1n) is 7.62. The van der Waals surface area contributed by atoms with Gasteiger partial charge in [0.1, 0.15) is 0 Å². The number of aryl methyl sites for hydroxylation is 2. The highest BCUT2D eigenvalue weighted by Crippen LogP contribution is 2.22. The number of carbonyl (C=O) groups is 1. The Morgan fingerprint density at radius 3 is 2.95 bits per heavy atom. The van der Waals surface area contributed by atoms with Crippen molar-refractivity contribution in [3.8, 4) is 0 Å². The number of hydrogen-bond donors (Lipinski definition) is 1. The quantitative estimate of drug-likeness (QED) is 0.855. The molecule has 2 aromatic rings. The lowest BCUT2D eigenvalue weighted by atomic mass is 10.0. The molecule has 1 saturated heterocycles. The summed E-state index contributed by atoms with van der Waals surface area (Å²) in [6, 6.07) is 4.39. The molecule has 1 aliphatic rings. The average molecular weight is 286 g/mol. The van der Waals surface area contributed by atoms with Crippen molar-refractivity contribution in [3.05, 3.63) is 42.0 Å². The molecule has 0 atom stereocenters. The van der Waals surface area contributed by atoms with Crippen LogP contribution in [0.3, 0.4) is 0 Å². The predicted molar refractivity (Wildman–Crippen MR) is 81.4 cm³/mol. The maximum absolute atomic E-state index is 12.5. The van der Waals surface area contributed by atoms with Gasteiger partial charge in [0.15, 0.2) is 5.78 Å². The Balaban J connectivity index is 1.65. The van der Waals surface area contributed by atoms with E-state index in [0.29, 0.717) is 12.5 Å². The highest BCUT2D eigenvalue weighted by atomic mass is 16.1. The standard InChI is InChI=1S/C16H22N4O/c1-19-12-13(11-18-19)4-5-16(21)15-3-2-10-20(15)14-6-8-17-9-7-14/h2-3,10-12,14,17H,4-9H2,1H3. The van der Waals surface area contributed by atoms with Crippen molar-refractivity contribution in [1.82, 2.24) is 19.7 Å². The van der Waals surface area contributed by atoms with Gasteiger partial charge >= 0.3 is 0 Å². The van der Waals surface area contributed by atoms with Crippen LogP contribution in [-0.2, 0) is 13.5 Å². The van der Waals surface area contributed by atoms with Crippen LogP contribution in [0.2, 0.25) is 0 Å². The van der Waals surface area contributed by atoms with Gasteiger partial charge in [-0.25, -0.2) is 0 Å². The predicted octanol–water partition coefficient (Wildman–Crippen LogP) is 1.96. The van der Waals surface area contributed by atoms with Gasteiger partial charge in [0.05, 0.1) is 11.9 Å². The van der Waals surface area contributed by atoms with Gasteiger partial charge in [-0.3, -0.25) is 9.48 Å². The second-order valence-electron chi connectivity index (χ2n) is 5.73. The summed E-state index contributed by atoms with van der Waals surface area (Å²) in [6.45, 7) is 2.07. The van der Waals surface area contributed by atoms with Gasteiger partial charge in [0.25, 0.3) is 0 Å². The summed E-state index contributed by atoms with van der Waals surface area (Å²) in [6.07, 6.45) is 9.34. The smallest absolute Gasteiger partial charge is 0.179 e. The fourth-order valence-electron chi connectivity index (χ4n) is 3.02. The molecule has 0 aromatic carbocycles. The van der Waals surface area contributed by atoms with Crippen LogP contribution in [-0.4, -0.2) is 33.2 Å². The lowest BCUT2D eigenvalue weighted by molar-refractivity contribution is 0.0970. The molecule has 0 amide bonds. The normalized spacial score (nSPS) is 16.2. The number of Topliss-reactive ketones (excluding diaryl/α,β-unsaturated/α-hetero) is 1. The summed E-state index contributed by atoms with van der Waals surface area (Å²) in [5, 5.41) is 7.51. The second-order valence-corrected chi connectivity index (χ2v) is 5.73. The van der Waals surface area contributed by atoms with Crippen molar-refractivity contribution in [2.24, 2.45) is 7.05 Å². The maximum atomic E-state index is 12.5. The molecule has 0 radical (unpaired) electrons. The number of ketones is 1. The number of carbonyl (C=O) groups excluding carboxylic acids is 1. The molecule has 3 rings (SSSR count). The molecule has 0 spiro atoms. The topological polar surface area (TPSA) is 51.9 Å². The molecule has 1 fully saturated rings. The van der Waals surface area contributed by atoms with Crippen LogP contribution in [0, 0.1) is 0 Å². The highest BCUT2D eigenvalue weighted by Gasteiger charge is 2.19. The van der Waals surface area contributed by atoms with E-state index in [1.807, 2.05) is 37.8 Å². The van der Waals surface area contributed by atoms with Crippen molar-refractivity contribution in [2.45, 2.75) is 31.7 Å². The summed E-state index contributed by atoms with van der Waals surface area (Å²) in [7, 11) is 1.90. The van der Waals surface area contributed by atoms with Gasteiger partial charge in [0.2, 0.25) is 0 Å². The van der Waals surface area contributed by atoms with Crippen LogP contribution in [0.15, 0.2) is 30.7 Å². The Hall–Kier alpha value is -1.88. The largest absolute Gasteiger partial charge is 0.342 e. The SMILES string of the molecule is Cn1cc(CCC(=O)c2cccn2C2CCNCC2)cn1. The minimum Gasteiger partial charge on any atom is -0.342 e. The average Bonchev–Trinajstić information content (AvgIpc) is 3.14. The van der Waals surface area contributed by atoms with Gasteiger partial charge in [-0.2, -0.15) is 5.10 Å². The minimum absolute atomic E-state index is 0.224. The molecule has 1 N–H and O–H groups in total. The molecule has 21 heavy (non-hydrogen) atoms. The summed E-state index contributed by atoms with van der Waals surface area (Å²) >= 11 is 0. The number of aromatic nitrogens is 3. The number of hydrogen-bond acceptors (Lipinski definition) is 3. The molecule has 5 heteroatoms. The first kappa shape index (κ1) is 14.1. The van der Waals surface area contributed by atoms with Gasteiger partial charge in [-0.15, -0.1) is 0 Å². The Morgan fingerprint density at radius 2 is 2.24 bits per heavy atom. The van der Waals surface area contributed by atoms with Gasteiger partial charge < -0.3 is 9.88 Å². The number of nitrogens with zero attached hydrogens (tertiary/aromatic N) is 3. The lowest BCUT2D eigenvalue weighted by Gasteiger charge is -2.25. The number of nitrogens with one attached hydrogen (secondary N) is 1. The minimum atomic E-state index is 0.224. The Kier molecular flexibility index (Phi) is 4.20.